The molecule has 1 aliphatic heterocycles. The van der Waals surface area contributed by atoms with Crippen molar-refractivity contribution >= 4 is 40.0 Å². The molecule has 2 heterocycles. The number of para-hydroxylation sites is 1. The van der Waals surface area contributed by atoms with Gasteiger partial charge in [0, 0.05) is 31.9 Å². The average molecular weight is 558 g/mol. The lowest BCUT2D eigenvalue weighted by atomic mass is 10.0. The lowest BCUT2D eigenvalue weighted by Gasteiger charge is -2.34. The number of nitrogens with zero attached hydrogens (tertiary/aromatic N) is 4. The molecule has 1 saturated heterocycles. The van der Waals surface area contributed by atoms with E-state index in [1.165, 1.54) is 0 Å². The number of hydrogen-bond acceptors (Lipinski definition) is 6. The summed E-state index contributed by atoms with van der Waals surface area (Å²) in [4.78, 5) is 39.0. The second-order valence-corrected chi connectivity index (χ2v) is 10.5. The van der Waals surface area contributed by atoms with Gasteiger partial charge in [-0.1, -0.05) is 66.7 Å². The van der Waals surface area contributed by atoms with E-state index in [-0.39, 0.29) is 11.8 Å². The Balaban J connectivity index is 1.06. The van der Waals surface area contributed by atoms with Crippen molar-refractivity contribution in [2.45, 2.75) is 6.42 Å². The van der Waals surface area contributed by atoms with Gasteiger partial charge < -0.3 is 10.2 Å². The summed E-state index contributed by atoms with van der Waals surface area (Å²) < 4.78 is 0. The molecule has 0 unspecified atom stereocenters. The summed E-state index contributed by atoms with van der Waals surface area (Å²) in [6.45, 7) is 3.58. The highest BCUT2D eigenvalue weighted by Gasteiger charge is 2.22. The molecule has 3 N–H and O–H groups in total. The topological polar surface area (TPSA) is 95.0 Å². The Morgan fingerprint density at radius 1 is 0.762 bits per heavy atom. The second kappa shape index (κ2) is 12.7. The van der Waals surface area contributed by atoms with E-state index in [1.807, 2.05) is 103 Å². The van der Waals surface area contributed by atoms with Crippen LogP contribution in [0.5, 0.6) is 0 Å². The number of nitrogens with one attached hydrogen (secondary N) is 1. The molecule has 6 rings (SSSR count). The number of fused-ring (bicyclic) bond motifs is 1. The number of nitrogens with two attached hydrogens (primary N) is 1. The van der Waals surface area contributed by atoms with Gasteiger partial charge in [-0.15, -0.1) is 0 Å². The van der Waals surface area contributed by atoms with Crippen molar-refractivity contribution < 1.29 is 14.9 Å². The van der Waals surface area contributed by atoms with Gasteiger partial charge in [0.05, 0.1) is 23.7 Å². The van der Waals surface area contributed by atoms with Gasteiger partial charge in [0.25, 0.3) is 0 Å². The highest BCUT2D eigenvalue weighted by molar-refractivity contribution is 5.92. The van der Waals surface area contributed by atoms with E-state index in [0.717, 1.165) is 71.1 Å². The molecule has 1 fully saturated rings. The summed E-state index contributed by atoms with van der Waals surface area (Å²) in [7, 11) is 0. The predicted molar refractivity (Wildman–Crippen MR) is 165 cm³/mol. The third kappa shape index (κ3) is 6.86. The molecule has 4 aromatic carbocycles. The summed E-state index contributed by atoms with van der Waals surface area (Å²) in [5, 5.41) is 4.69. The maximum Gasteiger partial charge on any atom is 0.329 e. The molecule has 210 valence electrons. The van der Waals surface area contributed by atoms with Gasteiger partial charge in [-0.2, -0.15) is 0 Å². The molecule has 0 aliphatic carbocycles. The first-order valence-electron chi connectivity index (χ1n) is 14.2. The lowest BCUT2D eigenvalue weighted by molar-refractivity contribution is -0.483. The van der Waals surface area contributed by atoms with Gasteiger partial charge >= 0.3 is 5.91 Å². The number of primary amides is 1. The number of aromatic nitrogens is 2. The lowest BCUT2D eigenvalue weighted by Crippen LogP contribution is -2.84. The minimum Gasteiger partial charge on any atom is -0.353 e. The van der Waals surface area contributed by atoms with E-state index < -0.39 is 0 Å². The van der Waals surface area contributed by atoms with Crippen LogP contribution in [0.25, 0.3) is 22.2 Å². The maximum absolute atomic E-state index is 12.5. The molecular formula is C34H33N6O2+. The first-order chi connectivity index (χ1) is 20.6. The number of amides is 2. The molecular weight excluding hydrogens is 524 g/mol. The number of hydrogen-bond donors (Lipinski definition) is 2. The summed E-state index contributed by atoms with van der Waals surface area (Å²) in [6, 6.07) is 33.4. The number of rotatable bonds is 8. The molecule has 0 spiro atoms. The van der Waals surface area contributed by atoms with Crippen molar-refractivity contribution in [2.24, 2.45) is 0 Å². The summed E-state index contributed by atoms with van der Waals surface area (Å²) in [6.07, 6.45) is 2.17. The van der Waals surface area contributed by atoms with Crippen molar-refractivity contribution in [3.8, 4) is 11.1 Å². The number of quaternary nitrogens is 1. The third-order valence-corrected chi connectivity index (χ3v) is 7.44. The average Bonchev–Trinajstić information content (AvgIpc) is 3.02. The van der Waals surface area contributed by atoms with Gasteiger partial charge in [-0.25, -0.2) is 15.1 Å². The monoisotopic (exact) mass is 557 g/mol. The van der Waals surface area contributed by atoms with Crippen LogP contribution in [0.3, 0.4) is 0 Å². The number of piperazine rings is 1. The molecule has 8 nitrogen and oxygen atoms in total. The molecule has 1 aromatic heterocycles. The van der Waals surface area contributed by atoms with Crippen LogP contribution in [0.4, 0.5) is 17.2 Å². The van der Waals surface area contributed by atoms with E-state index in [0.29, 0.717) is 13.0 Å². The van der Waals surface area contributed by atoms with Crippen LogP contribution in [0.2, 0.25) is 0 Å². The van der Waals surface area contributed by atoms with E-state index in [4.69, 9.17) is 4.98 Å². The summed E-state index contributed by atoms with van der Waals surface area (Å²) >= 11 is 0. The van der Waals surface area contributed by atoms with Gasteiger partial charge in [0.2, 0.25) is 5.91 Å². The van der Waals surface area contributed by atoms with Crippen LogP contribution < -0.4 is 15.5 Å². The quantitative estimate of drug-likeness (QED) is 0.280. The Morgan fingerprint density at radius 2 is 1.45 bits per heavy atom. The first-order valence-corrected chi connectivity index (χ1v) is 14.2. The van der Waals surface area contributed by atoms with Crippen LogP contribution in [0.1, 0.15) is 5.56 Å². The molecule has 8 heteroatoms. The van der Waals surface area contributed by atoms with Gasteiger partial charge in [0.1, 0.15) is 18.1 Å². The minimum absolute atomic E-state index is 0.0413. The summed E-state index contributed by atoms with van der Waals surface area (Å²) in [5.74, 6) is 0.925. The standard InChI is InChI=1S/C34H32N6O2/c41-33(21-25-7-3-1-4-8-25)36-29-14-11-26(12-15-29)27-13-16-30-31(22-27)38-32(23-35-30)40-19-17-39(18-20-40)24-34(42)37-28-9-5-2-6-10-28/h1-16,22-23H,17-21,24H2,(H,36,41)(H,37,42)/p+1. The fourth-order valence-electron chi connectivity index (χ4n) is 5.20. The van der Waals surface area contributed by atoms with Crippen molar-refractivity contribution in [1.29, 1.82) is 0 Å². The molecule has 5 aromatic rings. The largest absolute Gasteiger partial charge is 0.353 e. The predicted octanol–water partition coefficient (Wildman–Crippen LogP) is 4.02. The fourth-order valence-corrected chi connectivity index (χ4v) is 5.20. The van der Waals surface area contributed by atoms with E-state index >= 15 is 0 Å². The van der Waals surface area contributed by atoms with E-state index in [1.54, 1.807) is 5.32 Å². The number of carbonyl (C=O) groups excluding carboxylic acids is 2. The molecule has 0 radical (unpaired) electrons. The maximum atomic E-state index is 12.5. The SMILES string of the molecule is O=C(Cc1ccccc1)Nc1ccc(-c2ccc3ncc(N4CCN(CC(=O)[NH2+]c5ccccc5)CC4)nc3c2)cc1. The normalized spacial score (nSPS) is 13.7. The molecule has 42 heavy (non-hydrogen) atoms. The Kier molecular flexibility index (Phi) is 8.26. The van der Waals surface area contributed by atoms with Crippen molar-refractivity contribution in [2.75, 3.05) is 42.9 Å². The van der Waals surface area contributed by atoms with Crippen molar-refractivity contribution in [3.63, 3.8) is 0 Å². The Labute approximate surface area is 245 Å². The molecule has 0 saturated carbocycles. The zero-order valence-electron chi connectivity index (χ0n) is 23.3. The highest BCUT2D eigenvalue weighted by Crippen LogP contribution is 2.26. The molecule has 0 atom stereocenters. The zero-order chi connectivity index (χ0) is 28.7. The van der Waals surface area contributed by atoms with Crippen LogP contribution in [0.15, 0.2) is 109 Å². The van der Waals surface area contributed by atoms with E-state index in [2.05, 4.69) is 26.2 Å². The van der Waals surface area contributed by atoms with Crippen LogP contribution >= 0.6 is 0 Å². The number of anilines is 2. The zero-order valence-corrected chi connectivity index (χ0v) is 23.3. The van der Waals surface area contributed by atoms with Gasteiger partial charge in [0.15, 0.2) is 0 Å². The Morgan fingerprint density at radius 3 is 2.19 bits per heavy atom. The Bertz CT molecular complexity index is 1670. The molecule has 1 aliphatic rings. The van der Waals surface area contributed by atoms with Gasteiger partial charge in [-0.05, 0) is 53.1 Å². The first kappa shape index (κ1) is 27.3. The van der Waals surface area contributed by atoms with Crippen molar-refractivity contribution in [1.82, 2.24) is 14.9 Å². The van der Waals surface area contributed by atoms with E-state index in [9.17, 15) is 9.59 Å². The number of carbonyl (C=O) groups is 2. The van der Waals surface area contributed by atoms with Gasteiger partial charge in [-0.3, -0.25) is 14.7 Å². The van der Waals surface area contributed by atoms with Crippen LogP contribution in [0, 0.1) is 0 Å². The Hall–Kier alpha value is -4.92. The third-order valence-electron chi connectivity index (χ3n) is 7.44. The molecule has 2 amide bonds. The minimum atomic E-state index is -0.0413. The van der Waals surface area contributed by atoms with Crippen molar-refractivity contribution in [3.05, 3.63) is 115 Å². The van der Waals surface area contributed by atoms with Crippen LogP contribution in [-0.4, -0.2) is 59.4 Å². The highest BCUT2D eigenvalue weighted by atomic mass is 16.2. The summed E-state index contributed by atoms with van der Waals surface area (Å²) in [5.41, 5.74) is 6.44. The smallest absolute Gasteiger partial charge is 0.329 e. The molecule has 0 bridgehead atoms. The fraction of sp³-hybridized carbons (Fsp3) is 0.176. The number of benzene rings is 4. The van der Waals surface area contributed by atoms with Crippen LogP contribution in [-0.2, 0) is 16.0 Å². The second-order valence-electron chi connectivity index (χ2n) is 10.5.